The average Bonchev–Trinajstić information content (AvgIpc) is 3.35. The molecule has 0 unspecified atom stereocenters. The fourth-order valence-electron chi connectivity index (χ4n) is 2.50. The molecule has 1 aliphatic heterocycles. The zero-order valence-corrected chi connectivity index (χ0v) is 15.4. The zero-order valence-electron chi connectivity index (χ0n) is 13.7. The number of carbonyl (C=O) groups excluding carboxylic acids is 2. The SMILES string of the molecule is CNC(=O)NC(=O)CSc1nnc(-c2cccs2)n1C[C@@H]1CCCO1. The second kappa shape index (κ2) is 8.45. The molecule has 2 aromatic heterocycles. The maximum atomic E-state index is 11.8. The number of nitrogens with zero attached hydrogens (tertiary/aromatic N) is 3. The van der Waals surface area contributed by atoms with Crippen LogP contribution in [0.4, 0.5) is 4.79 Å². The van der Waals surface area contributed by atoms with Gasteiger partial charge in [-0.05, 0) is 24.3 Å². The highest BCUT2D eigenvalue weighted by atomic mass is 32.2. The molecule has 3 amide bonds. The molecular formula is C15H19N5O3S2. The summed E-state index contributed by atoms with van der Waals surface area (Å²) >= 11 is 2.85. The number of rotatable bonds is 6. The second-order valence-electron chi connectivity index (χ2n) is 5.45. The van der Waals surface area contributed by atoms with Crippen molar-refractivity contribution in [1.29, 1.82) is 0 Å². The Hall–Kier alpha value is -1.91. The van der Waals surface area contributed by atoms with E-state index in [0.29, 0.717) is 11.7 Å². The van der Waals surface area contributed by atoms with E-state index >= 15 is 0 Å². The summed E-state index contributed by atoms with van der Waals surface area (Å²) in [6.45, 7) is 1.43. The lowest BCUT2D eigenvalue weighted by Crippen LogP contribution is -2.38. The van der Waals surface area contributed by atoms with Crippen molar-refractivity contribution < 1.29 is 14.3 Å². The van der Waals surface area contributed by atoms with Crippen LogP contribution in [0.15, 0.2) is 22.7 Å². The third-order valence-electron chi connectivity index (χ3n) is 3.68. The fourth-order valence-corrected chi connectivity index (χ4v) is 3.96. The molecule has 1 atom stereocenters. The van der Waals surface area contributed by atoms with Gasteiger partial charge >= 0.3 is 6.03 Å². The highest BCUT2D eigenvalue weighted by molar-refractivity contribution is 7.99. The molecule has 0 spiro atoms. The van der Waals surface area contributed by atoms with Crippen LogP contribution < -0.4 is 10.6 Å². The summed E-state index contributed by atoms with van der Waals surface area (Å²) in [5.74, 6) is 0.482. The van der Waals surface area contributed by atoms with Crippen LogP contribution >= 0.6 is 23.1 Å². The average molecular weight is 381 g/mol. The maximum Gasteiger partial charge on any atom is 0.321 e. The van der Waals surface area contributed by atoms with Gasteiger partial charge in [0.1, 0.15) is 0 Å². The number of hydrogen-bond donors (Lipinski definition) is 2. The van der Waals surface area contributed by atoms with Crippen molar-refractivity contribution in [2.24, 2.45) is 0 Å². The Balaban J connectivity index is 1.73. The molecule has 1 fully saturated rings. The third-order valence-corrected chi connectivity index (χ3v) is 5.51. The summed E-state index contributed by atoms with van der Waals surface area (Å²) < 4.78 is 7.73. The molecule has 10 heteroatoms. The summed E-state index contributed by atoms with van der Waals surface area (Å²) in [7, 11) is 1.46. The summed E-state index contributed by atoms with van der Waals surface area (Å²) in [5, 5.41) is 15.7. The molecule has 8 nitrogen and oxygen atoms in total. The molecule has 2 aromatic rings. The molecule has 25 heavy (non-hydrogen) atoms. The van der Waals surface area contributed by atoms with Crippen molar-refractivity contribution in [3.05, 3.63) is 17.5 Å². The van der Waals surface area contributed by atoms with Gasteiger partial charge in [0.2, 0.25) is 5.91 Å². The van der Waals surface area contributed by atoms with Crippen molar-refractivity contribution in [1.82, 2.24) is 25.4 Å². The van der Waals surface area contributed by atoms with E-state index in [2.05, 4.69) is 20.8 Å². The minimum Gasteiger partial charge on any atom is -0.376 e. The van der Waals surface area contributed by atoms with E-state index in [-0.39, 0.29) is 17.8 Å². The molecule has 0 saturated carbocycles. The molecule has 0 aromatic carbocycles. The number of hydrogen-bond acceptors (Lipinski definition) is 7. The van der Waals surface area contributed by atoms with Gasteiger partial charge in [0.15, 0.2) is 11.0 Å². The van der Waals surface area contributed by atoms with Crippen LogP contribution in [-0.2, 0) is 16.1 Å². The minimum atomic E-state index is -0.523. The first-order valence-corrected chi connectivity index (χ1v) is 9.77. The van der Waals surface area contributed by atoms with E-state index in [4.69, 9.17) is 4.74 Å². The number of amides is 3. The van der Waals surface area contributed by atoms with Gasteiger partial charge in [-0.3, -0.25) is 14.7 Å². The summed E-state index contributed by atoms with van der Waals surface area (Å²) in [6, 6.07) is 3.44. The van der Waals surface area contributed by atoms with E-state index in [1.54, 1.807) is 11.3 Å². The van der Waals surface area contributed by atoms with Gasteiger partial charge in [-0.2, -0.15) is 0 Å². The van der Waals surface area contributed by atoms with E-state index in [9.17, 15) is 9.59 Å². The molecule has 3 rings (SSSR count). The molecule has 2 N–H and O–H groups in total. The Bertz CT molecular complexity index is 726. The number of imide groups is 1. The maximum absolute atomic E-state index is 11.8. The van der Waals surface area contributed by atoms with E-state index in [1.165, 1.54) is 18.8 Å². The summed E-state index contributed by atoms with van der Waals surface area (Å²) in [4.78, 5) is 24.0. The Labute approximate surface area is 153 Å². The first-order valence-electron chi connectivity index (χ1n) is 7.90. The predicted octanol–water partition coefficient (Wildman–Crippen LogP) is 1.73. The van der Waals surface area contributed by atoms with Crippen LogP contribution in [0.25, 0.3) is 10.7 Å². The van der Waals surface area contributed by atoms with Gasteiger partial charge in [-0.25, -0.2) is 4.79 Å². The summed E-state index contributed by atoms with van der Waals surface area (Å²) in [6.07, 6.45) is 2.19. The number of nitrogens with one attached hydrogen (secondary N) is 2. The minimum absolute atomic E-state index is 0.0848. The standard InChI is InChI=1S/C15H19N5O3S2/c1-16-14(22)17-12(21)9-25-15-19-18-13(11-5-3-7-24-11)20(15)8-10-4-2-6-23-10/h3,5,7,10H,2,4,6,8-9H2,1H3,(H2,16,17,21,22)/t10-/m0/s1. The van der Waals surface area contributed by atoms with Crippen LogP contribution in [0.3, 0.4) is 0 Å². The van der Waals surface area contributed by atoms with E-state index in [1.807, 2.05) is 22.1 Å². The topological polar surface area (TPSA) is 98.1 Å². The molecule has 134 valence electrons. The van der Waals surface area contributed by atoms with Crippen molar-refractivity contribution in [3.8, 4) is 10.7 Å². The zero-order chi connectivity index (χ0) is 17.6. The highest BCUT2D eigenvalue weighted by Gasteiger charge is 2.22. The van der Waals surface area contributed by atoms with Crippen LogP contribution in [0.5, 0.6) is 0 Å². The van der Waals surface area contributed by atoms with Crippen molar-refractivity contribution in [3.63, 3.8) is 0 Å². The monoisotopic (exact) mass is 381 g/mol. The van der Waals surface area contributed by atoms with Gasteiger partial charge in [0.25, 0.3) is 0 Å². The lowest BCUT2D eigenvalue weighted by molar-refractivity contribution is -0.117. The van der Waals surface area contributed by atoms with Gasteiger partial charge in [-0.1, -0.05) is 17.8 Å². The molecule has 3 heterocycles. The molecule has 1 aliphatic rings. The van der Waals surface area contributed by atoms with Crippen LogP contribution in [0.1, 0.15) is 12.8 Å². The molecule has 0 bridgehead atoms. The van der Waals surface area contributed by atoms with Gasteiger partial charge in [0.05, 0.1) is 23.3 Å². The second-order valence-corrected chi connectivity index (χ2v) is 7.34. The molecule has 1 saturated heterocycles. The fraction of sp³-hybridized carbons (Fsp3) is 0.467. The Morgan fingerprint density at radius 1 is 1.48 bits per heavy atom. The number of thioether (sulfide) groups is 1. The lowest BCUT2D eigenvalue weighted by atomic mass is 10.2. The highest BCUT2D eigenvalue weighted by Crippen LogP contribution is 2.28. The Kier molecular flexibility index (Phi) is 6.05. The largest absolute Gasteiger partial charge is 0.376 e. The van der Waals surface area contributed by atoms with E-state index < -0.39 is 6.03 Å². The first-order chi connectivity index (χ1) is 12.2. The number of urea groups is 1. The van der Waals surface area contributed by atoms with Crippen molar-refractivity contribution in [2.45, 2.75) is 30.6 Å². The van der Waals surface area contributed by atoms with Crippen LogP contribution in [0, 0.1) is 0 Å². The normalized spacial score (nSPS) is 16.8. The summed E-state index contributed by atoms with van der Waals surface area (Å²) in [5.41, 5.74) is 0. The van der Waals surface area contributed by atoms with Gasteiger partial charge < -0.3 is 10.1 Å². The van der Waals surface area contributed by atoms with Crippen molar-refractivity contribution in [2.75, 3.05) is 19.4 Å². The van der Waals surface area contributed by atoms with Gasteiger partial charge in [-0.15, -0.1) is 21.5 Å². The first kappa shape index (κ1) is 17.9. The lowest BCUT2D eigenvalue weighted by Gasteiger charge is -2.14. The Morgan fingerprint density at radius 2 is 2.36 bits per heavy atom. The van der Waals surface area contributed by atoms with Crippen LogP contribution in [-0.4, -0.2) is 52.2 Å². The number of carbonyl (C=O) groups is 2. The van der Waals surface area contributed by atoms with Crippen molar-refractivity contribution >= 4 is 35.0 Å². The smallest absolute Gasteiger partial charge is 0.321 e. The molecule has 0 aliphatic carbocycles. The Morgan fingerprint density at radius 3 is 3.04 bits per heavy atom. The third kappa shape index (κ3) is 4.59. The predicted molar refractivity (Wildman–Crippen MR) is 95.6 cm³/mol. The number of aromatic nitrogens is 3. The number of ether oxygens (including phenoxy) is 1. The van der Waals surface area contributed by atoms with E-state index in [0.717, 1.165) is 30.2 Å². The molecule has 0 radical (unpaired) electrons. The quantitative estimate of drug-likeness (QED) is 0.740. The number of thiophene rings is 1. The van der Waals surface area contributed by atoms with Crippen LogP contribution in [0.2, 0.25) is 0 Å². The van der Waals surface area contributed by atoms with Gasteiger partial charge in [0, 0.05) is 13.7 Å². The molecular weight excluding hydrogens is 362 g/mol.